The number of carbonyl (C=O) groups excluding carboxylic acids is 2. The average molecular weight is 470 g/mol. The van der Waals surface area contributed by atoms with Crippen molar-refractivity contribution in [1.82, 2.24) is 14.7 Å². The van der Waals surface area contributed by atoms with Crippen molar-refractivity contribution < 1.29 is 27.5 Å². The van der Waals surface area contributed by atoms with Gasteiger partial charge in [0.2, 0.25) is 11.8 Å². The standard InChI is InChI=1S/C24H34F3N3O3/c25-24(26,27)19-33-18-4-11-28-14-16-30(17-15-28)23(32)21-9-12-29(13-10-21)22(31)8-7-20-5-2-1-3-6-20/h1-3,5-6,21H,4,7-19H2. The number of ether oxygens (including phenoxy) is 1. The first-order valence-electron chi connectivity index (χ1n) is 11.8. The van der Waals surface area contributed by atoms with Crippen LogP contribution in [-0.4, -0.2) is 91.7 Å². The van der Waals surface area contributed by atoms with Crippen LogP contribution in [-0.2, 0) is 20.7 Å². The number of nitrogens with zero attached hydrogens (tertiary/aromatic N) is 3. The summed E-state index contributed by atoms with van der Waals surface area (Å²) in [7, 11) is 0. The molecule has 2 aliphatic heterocycles. The highest BCUT2D eigenvalue weighted by Gasteiger charge is 2.31. The van der Waals surface area contributed by atoms with Crippen molar-refractivity contribution in [2.24, 2.45) is 5.92 Å². The fraction of sp³-hybridized carbons (Fsp3) is 0.667. The van der Waals surface area contributed by atoms with Crippen LogP contribution in [0.25, 0.3) is 0 Å². The fourth-order valence-electron chi connectivity index (χ4n) is 4.46. The maximum Gasteiger partial charge on any atom is 0.411 e. The van der Waals surface area contributed by atoms with E-state index < -0.39 is 12.8 Å². The van der Waals surface area contributed by atoms with Crippen molar-refractivity contribution in [2.45, 2.75) is 38.3 Å². The number of rotatable bonds is 9. The number of amides is 2. The molecule has 0 spiro atoms. The SMILES string of the molecule is O=C(CCc1ccccc1)N1CCC(C(=O)N2CCN(CCCOCC(F)(F)F)CC2)CC1. The second kappa shape index (κ2) is 12.4. The Morgan fingerprint density at radius 3 is 2.24 bits per heavy atom. The molecule has 0 atom stereocenters. The number of hydrogen-bond donors (Lipinski definition) is 0. The summed E-state index contributed by atoms with van der Waals surface area (Å²) < 4.78 is 40.9. The summed E-state index contributed by atoms with van der Waals surface area (Å²) in [6.07, 6.45) is -1.11. The van der Waals surface area contributed by atoms with Crippen molar-refractivity contribution in [2.75, 3.05) is 59.0 Å². The molecule has 2 heterocycles. The van der Waals surface area contributed by atoms with E-state index in [1.165, 1.54) is 0 Å². The van der Waals surface area contributed by atoms with Crippen LogP contribution in [0.1, 0.15) is 31.2 Å². The molecule has 6 nitrogen and oxygen atoms in total. The Hall–Kier alpha value is -2.13. The first kappa shape index (κ1) is 25.5. The maximum atomic E-state index is 12.9. The number of hydrogen-bond acceptors (Lipinski definition) is 4. The van der Waals surface area contributed by atoms with Gasteiger partial charge in [-0.2, -0.15) is 13.2 Å². The van der Waals surface area contributed by atoms with E-state index in [1.54, 1.807) is 0 Å². The fourth-order valence-corrected chi connectivity index (χ4v) is 4.46. The Kier molecular flexibility index (Phi) is 9.55. The van der Waals surface area contributed by atoms with Gasteiger partial charge in [0.15, 0.2) is 0 Å². The summed E-state index contributed by atoms with van der Waals surface area (Å²) in [5, 5.41) is 0. The number of piperazine rings is 1. The number of likely N-dealkylation sites (tertiary alicyclic amines) is 1. The summed E-state index contributed by atoms with van der Waals surface area (Å²) in [4.78, 5) is 31.4. The summed E-state index contributed by atoms with van der Waals surface area (Å²) in [6, 6.07) is 9.97. The normalized spacial score (nSPS) is 18.5. The van der Waals surface area contributed by atoms with Crippen molar-refractivity contribution in [3.8, 4) is 0 Å². The lowest BCUT2D eigenvalue weighted by Crippen LogP contribution is -2.52. The van der Waals surface area contributed by atoms with Gasteiger partial charge in [0, 0.05) is 64.8 Å². The third-order valence-electron chi connectivity index (χ3n) is 6.38. The first-order valence-corrected chi connectivity index (χ1v) is 11.8. The lowest BCUT2D eigenvalue weighted by atomic mass is 9.94. The molecule has 33 heavy (non-hydrogen) atoms. The van der Waals surface area contributed by atoms with E-state index in [0.29, 0.717) is 58.4 Å². The molecule has 0 radical (unpaired) electrons. The Labute approximate surface area is 193 Å². The van der Waals surface area contributed by atoms with Gasteiger partial charge in [-0.1, -0.05) is 30.3 Å². The van der Waals surface area contributed by atoms with Crippen LogP contribution in [0.2, 0.25) is 0 Å². The lowest BCUT2D eigenvalue weighted by molar-refractivity contribution is -0.174. The summed E-state index contributed by atoms with van der Waals surface area (Å²) >= 11 is 0. The molecule has 0 aliphatic carbocycles. The Morgan fingerprint density at radius 2 is 1.61 bits per heavy atom. The lowest BCUT2D eigenvalue weighted by Gasteiger charge is -2.38. The highest BCUT2D eigenvalue weighted by atomic mass is 19.4. The predicted octanol–water partition coefficient (Wildman–Crippen LogP) is 2.97. The Bertz CT molecular complexity index is 744. The van der Waals surface area contributed by atoms with Gasteiger partial charge in [-0.3, -0.25) is 14.5 Å². The van der Waals surface area contributed by atoms with Gasteiger partial charge in [0.05, 0.1) is 0 Å². The highest BCUT2D eigenvalue weighted by molar-refractivity contribution is 5.80. The van der Waals surface area contributed by atoms with Gasteiger partial charge in [0.25, 0.3) is 0 Å². The molecular weight excluding hydrogens is 435 g/mol. The second-order valence-electron chi connectivity index (χ2n) is 8.83. The molecule has 2 fully saturated rings. The van der Waals surface area contributed by atoms with Crippen LogP contribution in [0.5, 0.6) is 0 Å². The zero-order valence-corrected chi connectivity index (χ0v) is 19.1. The molecule has 3 rings (SSSR count). The molecule has 0 bridgehead atoms. The quantitative estimate of drug-likeness (QED) is 0.522. The minimum Gasteiger partial charge on any atom is -0.372 e. The van der Waals surface area contributed by atoms with Crippen molar-refractivity contribution in [3.05, 3.63) is 35.9 Å². The van der Waals surface area contributed by atoms with Gasteiger partial charge in [-0.05, 0) is 31.2 Å². The molecule has 2 aliphatic rings. The van der Waals surface area contributed by atoms with Crippen molar-refractivity contribution in [3.63, 3.8) is 0 Å². The molecule has 1 aromatic carbocycles. The number of carbonyl (C=O) groups is 2. The molecule has 0 saturated carbocycles. The minimum absolute atomic E-state index is 0.0366. The van der Waals surface area contributed by atoms with Gasteiger partial charge < -0.3 is 14.5 Å². The van der Waals surface area contributed by atoms with E-state index >= 15 is 0 Å². The van der Waals surface area contributed by atoms with E-state index in [2.05, 4.69) is 9.64 Å². The van der Waals surface area contributed by atoms with Gasteiger partial charge >= 0.3 is 6.18 Å². The molecule has 1 aromatic rings. The molecule has 9 heteroatoms. The van der Waals surface area contributed by atoms with Gasteiger partial charge in [-0.25, -0.2) is 0 Å². The van der Waals surface area contributed by atoms with Crippen LogP contribution in [0, 0.1) is 5.92 Å². The topological polar surface area (TPSA) is 53.1 Å². The van der Waals surface area contributed by atoms with Crippen LogP contribution in [0.15, 0.2) is 30.3 Å². The third kappa shape index (κ3) is 8.62. The zero-order valence-electron chi connectivity index (χ0n) is 19.1. The van der Waals surface area contributed by atoms with E-state index in [4.69, 9.17) is 0 Å². The van der Waals surface area contributed by atoms with Crippen LogP contribution in [0.3, 0.4) is 0 Å². The molecule has 184 valence electrons. The summed E-state index contributed by atoms with van der Waals surface area (Å²) in [5.74, 6) is 0.280. The number of aryl methyl sites for hydroxylation is 1. The number of halogens is 3. The van der Waals surface area contributed by atoms with E-state index in [1.807, 2.05) is 40.1 Å². The number of alkyl halides is 3. The van der Waals surface area contributed by atoms with Gasteiger partial charge in [-0.15, -0.1) is 0 Å². The first-order chi connectivity index (χ1) is 15.8. The average Bonchev–Trinajstić information content (AvgIpc) is 2.82. The van der Waals surface area contributed by atoms with Crippen LogP contribution < -0.4 is 0 Å². The predicted molar refractivity (Wildman–Crippen MR) is 119 cm³/mol. The van der Waals surface area contributed by atoms with Gasteiger partial charge in [0.1, 0.15) is 6.61 Å². The smallest absolute Gasteiger partial charge is 0.372 e. The number of piperidine rings is 1. The van der Waals surface area contributed by atoms with Crippen LogP contribution in [0.4, 0.5) is 13.2 Å². The monoisotopic (exact) mass is 469 g/mol. The van der Waals surface area contributed by atoms with E-state index in [-0.39, 0.29) is 24.3 Å². The number of benzene rings is 1. The van der Waals surface area contributed by atoms with Crippen LogP contribution >= 0.6 is 0 Å². The van der Waals surface area contributed by atoms with Crippen molar-refractivity contribution >= 4 is 11.8 Å². The second-order valence-corrected chi connectivity index (χ2v) is 8.83. The molecule has 0 unspecified atom stereocenters. The Balaban J connectivity index is 1.29. The molecule has 2 amide bonds. The Morgan fingerprint density at radius 1 is 0.939 bits per heavy atom. The highest BCUT2D eigenvalue weighted by Crippen LogP contribution is 2.22. The summed E-state index contributed by atoms with van der Waals surface area (Å²) in [6.45, 7) is 3.53. The maximum absolute atomic E-state index is 12.9. The molecule has 0 N–H and O–H groups in total. The molecule has 2 saturated heterocycles. The van der Waals surface area contributed by atoms with Crippen molar-refractivity contribution in [1.29, 1.82) is 0 Å². The van der Waals surface area contributed by atoms with E-state index in [0.717, 1.165) is 25.1 Å². The largest absolute Gasteiger partial charge is 0.411 e. The summed E-state index contributed by atoms with van der Waals surface area (Å²) in [5.41, 5.74) is 1.16. The third-order valence-corrected chi connectivity index (χ3v) is 6.38. The molecule has 0 aromatic heterocycles. The molecular formula is C24H34F3N3O3. The van der Waals surface area contributed by atoms with E-state index in [9.17, 15) is 22.8 Å². The zero-order chi connectivity index (χ0) is 23.7. The minimum atomic E-state index is -4.28.